The Morgan fingerprint density at radius 3 is 2.88 bits per heavy atom. The highest BCUT2D eigenvalue weighted by molar-refractivity contribution is 7.20. The number of nitrogens with one attached hydrogen (secondary N) is 1. The van der Waals surface area contributed by atoms with Crippen molar-refractivity contribution in [2.45, 2.75) is 26.4 Å². The molecule has 0 radical (unpaired) electrons. The van der Waals surface area contributed by atoms with Gasteiger partial charge in [0.1, 0.15) is 41.7 Å². The van der Waals surface area contributed by atoms with Gasteiger partial charge in [0.25, 0.3) is 0 Å². The van der Waals surface area contributed by atoms with Crippen LogP contribution in [0, 0.1) is 5.82 Å². The molecule has 0 atom stereocenters. The summed E-state index contributed by atoms with van der Waals surface area (Å²) in [5.41, 5.74) is 4.20. The van der Waals surface area contributed by atoms with Crippen LogP contribution in [0.4, 0.5) is 15.9 Å². The van der Waals surface area contributed by atoms with Crippen molar-refractivity contribution >= 4 is 61.9 Å². The van der Waals surface area contributed by atoms with E-state index in [4.69, 9.17) is 21.1 Å². The van der Waals surface area contributed by atoms with Gasteiger partial charge in [0, 0.05) is 23.2 Å². The van der Waals surface area contributed by atoms with Gasteiger partial charge in [0.2, 0.25) is 0 Å². The standard InChI is InChI=1S/C29H27ClFN5O3S/c1-4-38-25(37)14-36(3)35-23-10-9-21-26-28(32-16-33-29(26)40-27(21)17(23)2)34-20-8-11-24(22(30)13-20)39-15-18-6-5-7-19(31)12-18/h5-8,11-13,16H,2,4,9-10,14-15H2,1,3H3,(H,32,33,34)/b35-23-. The largest absolute Gasteiger partial charge is 0.487 e. The number of ether oxygens (including phenoxy) is 2. The van der Waals surface area contributed by atoms with Crippen LogP contribution in [-0.4, -0.2) is 46.9 Å². The van der Waals surface area contributed by atoms with Crippen LogP contribution in [0.3, 0.4) is 0 Å². The van der Waals surface area contributed by atoms with Crippen molar-refractivity contribution in [3.8, 4) is 5.75 Å². The number of allylic oxidation sites excluding steroid dienone is 1. The fourth-order valence-electron chi connectivity index (χ4n) is 4.46. The molecule has 2 aromatic heterocycles. The van der Waals surface area contributed by atoms with Crippen LogP contribution in [0.25, 0.3) is 15.8 Å². The molecule has 0 unspecified atom stereocenters. The number of anilines is 2. The predicted octanol–water partition coefficient (Wildman–Crippen LogP) is 6.62. The summed E-state index contributed by atoms with van der Waals surface area (Å²) in [5, 5.41) is 10.9. The van der Waals surface area contributed by atoms with Gasteiger partial charge in [-0.3, -0.25) is 9.80 Å². The molecule has 40 heavy (non-hydrogen) atoms. The summed E-state index contributed by atoms with van der Waals surface area (Å²) in [6, 6.07) is 11.6. The minimum absolute atomic E-state index is 0.0701. The van der Waals surface area contributed by atoms with Gasteiger partial charge in [0.15, 0.2) is 0 Å². The summed E-state index contributed by atoms with van der Waals surface area (Å²) < 4.78 is 24.3. The van der Waals surface area contributed by atoms with Crippen molar-refractivity contribution in [3.63, 3.8) is 0 Å². The van der Waals surface area contributed by atoms with E-state index in [1.54, 1.807) is 54.6 Å². The Morgan fingerprint density at radius 1 is 1.25 bits per heavy atom. The van der Waals surface area contributed by atoms with E-state index in [2.05, 4.69) is 27.0 Å². The lowest BCUT2D eigenvalue weighted by Crippen LogP contribution is -2.25. The lowest BCUT2D eigenvalue weighted by atomic mass is 9.92. The van der Waals surface area contributed by atoms with E-state index in [0.717, 1.165) is 44.1 Å². The third-order valence-electron chi connectivity index (χ3n) is 6.25. The number of likely N-dealkylation sites (N-methyl/N-ethyl adjacent to an activating group) is 1. The van der Waals surface area contributed by atoms with E-state index < -0.39 is 0 Å². The molecule has 0 saturated carbocycles. The number of esters is 1. The fourth-order valence-corrected chi connectivity index (χ4v) is 5.88. The first kappa shape index (κ1) is 27.5. The number of hydrogen-bond donors (Lipinski definition) is 1. The summed E-state index contributed by atoms with van der Waals surface area (Å²) in [4.78, 5) is 22.7. The van der Waals surface area contributed by atoms with E-state index >= 15 is 0 Å². The van der Waals surface area contributed by atoms with E-state index in [-0.39, 0.29) is 24.9 Å². The summed E-state index contributed by atoms with van der Waals surface area (Å²) in [6.07, 6.45) is 2.92. The van der Waals surface area contributed by atoms with Gasteiger partial charge < -0.3 is 14.8 Å². The van der Waals surface area contributed by atoms with Gasteiger partial charge in [-0.05, 0) is 61.2 Å². The molecular weight excluding hydrogens is 553 g/mol. The van der Waals surface area contributed by atoms with Crippen LogP contribution in [0.1, 0.15) is 29.3 Å². The van der Waals surface area contributed by atoms with Crippen molar-refractivity contribution in [2.24, 2.45) is 5.10 Å². The number of nitrogens with zero attached hydrogens (tertiary/aromatic N) is 4. The molecule has 1 N–H and O–H groups in total. The number of fused-ring (bicyclic) bond motifs is 3. The second-order valence-electron chi connectivity index (χ2n) is 9.15. The third-order valence-corrected chi connectivity index (χ3v) is 7.75. The average molecular weight is 580 g/mol. The van der Waals surface area contributed by atoms with Gasteiger partial charge in [-0.1, -0.05) is 30.3 Å². The number of carbonyl (C=O) groups is 1. The molecule has 0 amide bonds. The van der Waals surface area contributed by atoms with Crippen molar-refractivity contribution in [2.75, 3.05) is 25.5 Å². The van der Waals surface area contributed by atoms with Gasteiger partial charge in [0.05, 0.1) is 22.7 Å². The Kier molecular flexibility index (Phi) is 8.27. The number of benzene rings is 2. The first-order valence-corrected chi connectivity index (χ1v) is 13.9. The number of hydrogen-bond acceptors (Lipinski definition) is 9. The highest BCUT2D eigenvalue weighted by Crippen LogP contribution is 2.42. The molecule has 2 aromatic carbocycles. The predicted molar refractivity (Wildman–Crippen MR) is 157 cm³/mol. The second-order valence-corrected chi connectivity index (χ2v) is 10.6. The SMILES string of the molecule is C=C1/C(=N\N(C)CC(=O)OCC)CCc2c1sc1ncnc(Nc3ccc(OCc4cccc(F)c4)c(Cl)c3)c21. The zero-order chi connectivity index (χ0) is 28.2. The Morgan fingerprint density at radius 2 is 2.10 bits per heavy atom. The molecule has 8 nitrogen and oxygen atoms in total. The van der Waals surface area contributed by atoms with Crippen LogP contribution < -0.4 is 10.1 Å². The molecule has 0 aliphatic heterocycles. The van der Waals surface area contributed by atoms with Crippen LogP contribution in [-0.2, 0) is 22.6 Å². The molecule has 11 heteroatoms. The molecule has 0 fully saturated rings. The third kappa shape index (κ3) is 6.08. The maximum atomic E-state index is 13.5. The number of rotatable bonds is 9. The van der Waals surface area contributed by atoms with Crippen molar-refractivity contribution in [3.05, 3.63) is 82.2 Å². The fraction of sp³-hybridized carbons (Fsp3) is 0.241. The zero-order valence-corrected chi connectivity index (χ0v) is 23.6. The first-order valence-electron chi connectivity index (χ1n) is 12.7. The summed E-state index contributed by atoms with van der Waals surface area (Å²) in [6.45, 7) is 6.67. The van der Waals surface area contributed by atoms with E-state index in [0.29, 0.717) is 35.2 Å². The van der Waals surface area contributed by atoms with Crippen molar-refractivity contribution < 1.29 is 18.7 Å². The number of carbonyl (C=O) groups excluding carboxylic acids is 1. The molecule has 0 bridgehead atoms. The molecule has 5 rings (SSSR count). The molecule has 0 spiro atoms. The Hall–Kier alpha value is -4.02. The van der Waals surface area contributed by atoms with Crippen LogP contribution in [0.5, 0.6) is 5.75 Å². The topological polar surface area (TPSA) is 88.9 Å². The van der Waals surface area contributed by atoms with Gasteiger partial charge in [-0.15, -0.1) is 11.3 Å². The highest BCUT2D eigenvalue weighted by atomic mass is 35.5. The number of thiophene rings is 1. The van der Waals surface area contributed by atoms with E-state index in [1.165, 1.54) is 18.5 Å². The van der Waals surface area contributed by atoms with Crippen LogP contribution >= 0.6 is 22.9 Å². The number of aromatic nitrogens is 2. The molecule has 2 heterocycles. The zero-order valence-electron chi connectivity index (χ0n) is 22.0. The Bertz CT molecular complexity index is 1620. The van der Waals surface area contributed by atoms with Gasteiger partial charge in [-0.2, -0.15) is 5.10 Å². The minimum atomic E-state index is -0.324. The Balaban J connectivity index is 1.34. The summed E-state index contributed by atoms with van der Waals surface area (Å²) >= 11 is 8.05. The minimum Gasteiger partial charge on any atom is -0.487 e. The molecule has 1 aliphatic carbocycles. The highest BCUT2D eigenvalue weighted by Gasteiger charge is 2.26. The second kappa shape index (κ2) is 12.0. The van der Waals surface area contributed by atoms with Crippen molar-refractivity contribution in [1.29, 1.82) is 0 Å². The number of hydrazone groups is 1. The maximum absolute atomic E-state index is 13.5. The number of aryl methyl sites for hydroxylation is 1. The molecule has 206 valence electrons. The maximum Gasteiger partial charge on any atom is 0.327 e. The smallest absolute Gasteiger partial charge is 0.327 e. The molecule has 1 aliphatic rings. The Labute approximate surface area is 240 Å². The number of halogens is 2. The average Bonchev–Trinajstić information content (AvgIpc) is 3.30. The van der Waals surface area contributed by atoms with Gasteiger partial charge in [-0.25, -0.2) is 14.4 Å². The monoisotopic (exact) mass is 579 g/mol. The van der Waals surface area contributed by atoms with Crippen molar-refractivity contribution in [1.82, 2.24) is 15.0 Å². The molecule has 0 saturated heterocycles. The summed E-state index contributed by atoms with van der Waals surface area (Å²) in [5.74, 6) is 0.524. The van der Waals surface area contributed by atoms with Crippen LogP contribution in [0.15, 0.2) is 60.5 Å². The summed E-state index contributed by atoms with van der Waals surface area (Å²) in [7, 11) is 1.74. The quantitative estimate of drug-likeness (QED) is 0.176. The van der Waals surface area contributed by atoms with E-state index in [1.807, 2.05) is 6.07 Å². The van der Waals surface area contributed by atoms with E-state index in [9.17, 15) is 9.18 Å². The first-order chi connectivity index (χ1) is 19.3. The molecule has 4 aromatic rings. The van der Waals surface area contributed by atoms with Gasteiger partial charge >= 0.3 is 5.97 Å². The lowest BCUT2D eigenvalue weighted by Gasteiger charge is -2.20. The van der Waals surface area contributed by atoms with Crippen LogP contribution in [0.2, 0.25) is 5.02 Å². The molecular formula is C29H27ClFN5O3S. The lowest BCUT2D eigenvalue weighted by molar-refractivity contribution is -0.144. The normalized spacial score (nSPS) is 13.8.